The zero-order chi connectivity index (χ0) is 11.1. The Bertz CT molecular complexity index is 274. The molecule has 1 atom stereocenters. The number of nitrogens with one attached hydrogen (secondary N) is 1. The van der Waals surface area contributed by atoms with Crippen LogP contribution in [0.15, 0.2) is 18.3 Å². The molecule has 0 aromatic carbocycles. The molecule has 0 aliphatic rings. The molecule has 15 heavy (non-hydrogen) atoms. The second-order valence-corrected chi connectivity index (χ2v) is 3.28. The summed E-state index contributed by atoms with van der Waals surface area (Å²) in [5.41, 5.74) is 1.15. The fourth-order valence-corrected chi connectivity index (χ4v) is 1.13. The Labute approximate surface area is 90.6 Å². The van der Waals surface area contributed by atoms with Gasteiger partial charge in [-0.2, -0.15) is 0 Å². The van der Waals surface area contributed by atoms with E-state index in [4.69, 9.17) is 9.47 Å². The van der Waals surface area contributed by atoms with Crippen molar-refractivity contribution in [2.45, 2.75) is 13.0 Å². The van der Waals surface area contributed by atoms with Crippen LogP contribution >= 0.6 is 0 Å². The maximum absolute atomic E-state index is 5.36. The van der Waals surface area contributed by atoms with E-state index in [0.717, 1.165) is 5.56 Å². The highest BCUT2D eigenvalue weighted by Crippen LogP contribution is 2.13. The molecule has 0 saturated carbocycles. The molecule has 0 aliphatic carbocycles. The molecule has 0 bridgehead atoms. The average Bonchev–Trinajstić information content (AvgIpc) is 2.29. The lowest BCUT2D eigenvalue weighted by molar-refractivity contribution is 0.143. The van der Waals surface area contributed by atoms with Crippen molar-refractivity contribution < 1.29 is 9.47 Å². The molecule has 1 N–H and O–H groups in total. The summed E-state index contributed by atoms with van der Waals surface area (Å²) in [6.45, 7) is 3.20. The topological polar surface area (TPSA) is 43.4 Å². The minimum atomic E-state index is 0.311. The quantitative estimate of drug-likeness (QED) is 0.720. The van der Waals surface area contributed by atoms with Gasteiger partial charge in [0.05, 0.1) is 6.61 Å². The van der Waals surface area contributed by atoms with Crippen LogP contribution in [0.1, 0.15) is 18.5 Å². The van der Waals surface area contributed by atoms with E-state index in [0.29, 0.717) is 25.1 Å². The van der Waals surface area contributed by atoms with Crippen LogP contribution in [0, 0.1) is 0 Å². The van der Waals surface area contributed by atoms with Gasteiger partial charge in [0.25, 0.3) is 0 Å². The zero-order valence-electron chi connectivity index (χ0n) is 9.49. The van der Waals surface area contributed by atoms with Gasteiger partial charge >= 0.3 is 0 Å². The fourth-order valence-electron chi connectivity index (χ4n) is 1.13. The van der Waals surface area contributed by atoms with E-state index < -0.39 is 0 Å². The number of ether oxygens (including phenoxy) is 2. The highest BCUT2D eigenvalue weighted by molar-refractivity contribution is 5.20. The van der Waals surface area contributed by atoms with Gasteiger partial charge in [0.2, 0.25) is 5.88 Å². The normalized spacial score (nSPS) is 12.5. The van der Waals surface area contributed by atoms with Gasteiger partial charge < -0.3 is 14.8 Å². The zero-order valence-corrected chi connectivity index (χ0v) is 9.49. The van der Waals surface area contributed by atoms with Crippen LogP contribution < -0.4 is 10.1 Å². The average molecular weight is 210 g/mol. The first-order chi connectivity index (χ1) is 7.27. The van der Waals surface area contributed by atoms with Crippen molar-refractivity contribution in [2.24, 2.45) is 0 Å². The molecular formula is C11H18N2O2. The Hall–Kier alpha value is -1.13. The number of hydrogen-bond acceptors (Lipinski definition) is 4. The second kappa shape index (κ2) is 6.37. The minimum absolute atomic E-state index is 0.311. The van der Waals surface area contributed by atoms with Crippen molar-refractivity contribution in [3.8, 4) is 5.88 Å². The summed E-state index contributed by atoms with van der Waals surface area (Å²) in [6, 6.07) is 4.19. The smallest absolute Gasteiger partial charge is 0.213 e. The summed E-state index contributed by atoms with van der Waals surface area (Å²) >= 11 is 0. The molecule has 0 amide bonds. The van der Waals surface area contributed by atoms with Gasteiger partial charge in [0.15, 0.2) is 0 Å². The summed E-state index contributed by atoms with van der Waals surface area (Å²) in [6.07, 6.45) is 1.82. The van der Waals surface area contributed by atoms with E-state index in [1.165, 1.54) is 0 Å². The predicted molar refractivity (Wildman–Crippen MR) is 59.1 cm³/mol. The molecule has 0 saturated heterocycles. The fraction of sp³-hybridized carbons (Fsp3) is 0.545. The third kappa shape index (κ3) is 3.85. The van der Waals surface area contributed by atoms with Gasteiger partial charge in [0.1, 0.15) is 6.61 Å². The lowest BCUT2D eigenvalue weighted by Crippen LogP contribution is -2.12. The van der Waals surface area contributed by atoms with Crippen molar-refractivity contribution in [1.29, 1.82) is 0 Å². The summed E-state index contributed by atoms with van der Waals surface area (Å²) < 4.78 is 10.2. The molecule has 0 radical (unpaired) electrons. The Kier molecular flexibility index (Phi) is 5.07. The summed E-state index contributed by atoms with van der Waals surface area (Å²) in [4.78, 5) is 4.20. The Morgan fingerprint density at radius 2 is 2.20 bits per heavy atom. The van der Waals surface area contributed by atoms with Crippen molar-refractivity contribution >= 4 is 0 Å². The molecule has 1 aromatic rings. The first-order valence-corrected chi connectivity index (χ1v) is 5.03. The molecule has 4 heteroatoms. The van der Waals surface area contributed by atoms with Crippen molar-refractivity contribution in [3.05, 3.63) is 23.9 Å². The molecule has 0 aliphatic heterocycles. The van der Waals surface area contributed by atoms with E-state index in [1.807, 2.05) is 25.4 Å². The van der Waals surface area contributed by atoms with Crippen molar-refractivity contribution in [2.75, 3.05) is 27.4 Å². The van der Waals surface area contributed by atoms with Crippen LogP contribution in [0.3, 0.4) is 0 Å². The first-order valence-electron chi connectivity index (χ1n) is 5.03. The molecule has 84 valence electrons. The minimum Gasteiger partial charge on any atom is -0.475 e. The molecule has 1 aromatic heterocycles. The third-order valence-electron chi connectivity index (χ3n) is 2.23. The molecule has 1 unspecified atom stereocenters. The van der Waals surface area contributed by atoms with E-state index in [2.05, 4.69) is 17.2 Å². The molecule has 0 fully saturated rings. The predicted octanol–water partition coefficient (Wildman–Crippen LogP) is 1.39. The van der Waals surface area contributed by atoms with Gasteiger partial charge in [0, 0.05) is 25.4 Å². The van der Waals surface area contributed by atoms with Gasteiger partial charge in [-0.15, -0.1) is 0 Å². The van der Waals surface area contributed by atoms with Crippen molar-refractivity contribution in [3.63, 3.8) is 0 Å². The maximum atomic E-state index is 5.36. The summed E-state index contributed by atoms with van der Waals surface area (Å²) in [5.74, 6) is 0.638. The number of methoxy groups -OCH3 is 1. The first kappa shape index (κ1) is 11.9. The molecule has 1 rings (SSSR count). The second-order valence-electron chi connectivity index (χ2n) is 3.28. The molecule has 0 spiro atoms. The Morgan fingerprint density at radius 1 is 1.40 bits per heavy atom. The molecule has 4 nitrogen and oxygen atoms in total. The van der Waals surface area contributed by atoms with E-state index in [9.17, 15) is 0 Å². The number of rotatable bonds is 6. The highest BCUT2D eigenvalue weighted by Gasteiger charge is 2.02. The number of aromatic nitrogens is 1. The van der Waals surface area contributed by atoms with Gasteiger partial charge in [-0.05, 0) is 19.5 Å². The largest absolute Gasteiger partial charge is 0.475 e. The van der Waals surface area contributed by atoms with Crippen LogP contribution in [0.4, 0.5) is 0 Å². The van der Waals surface area contributed by atoms with Crippen LogP contribution in [0.5, 0.6) is 5.88 Å². The number of pyridine rings is 1. The van der Waals surface area contributed by atoms with Crippen LogP contribution in [-0.2, 0) is 4.74 Å². The third-order valence-corrected chi connectivity index (χ3v) is 2.23. The van der Waals surface area contributed by atoms with Gasteiger partial charge in [-0.25, -0.2) is 4.98 Å². The summed E-state index contributed by atoms with van der Waals surface area (Å²) in [7, 11) is 3.57. The highest BCUT2D eigenvalue weighted by atomic mass is 16.5. The van der Waals surface area contributed by atoms with Crippen LogP contribution in [0.25, 0.3) is 0 Å². The van der Waals surface area contributed by atoms with E-state index >= 15 is 0 Å². The lowest BCUT2D eigenvalue weighted by atomic mass is 10.1. The molecular weight excluding hydrogens is 192 g/mol. The maximum Gasteiger partial charge on any atom is 0.213 e. The van der Waals surface area contributed by atoms with E-state index in [1.54, 1.807) is 7.11 Å². The monoisotopic (exact) mass is 210 g/mol. The SMILES string of the molecule is CNC(C)c1ccc(OCCOC)nc1. The van der Waals surface area contributed by atoms with Gasteiger partial charge in [-0.1, -0.05) is 6.07 Å². The molecule has 1 heterocycles. The van der Waals surface area contributed by atoms with Crippen LogP contribution in [-0.4, -0.2) is 32.4 Å². The van der Waals surface area contributed by atoms with Gasteiger partial charge in [-0.3, -0.25) is 0 Å². The van der Waals surface area contributed by atoms with Crippen molar-refractivity contribution in [1.82, 2.24) is 10.3 Å². The summed E-state index contributed by atoms with van der Waals surface area (Å²) in [5, 5.41) is 3.15. The van der Waals surface area contributed by atoms with Crippen LogP contribution in [0.2, 0.25) is 0 Å². The Balaban J connectivity index is 2.49. The lowest BCUT2D eigenvalue weighted by Gasteiger charge is -2.10. The van der Waals surface area contributed by atoms with E-state index in [-0.39, 0.29) is 0 Å². The Morgan fingerprint density at radius 3 is 2.73 bits per heavy atom. The standard InChI is InChI=1S/C11H18N2O2/c1-9(12-2)10-4-5-11(13-8-10)15-7-6-14-3/h4-5,8-9,12H,6-7H2,1-3H3. The number of hydrogen-bond donors (Lipinski definition) is 1. The number of nitrogens with zero attached hydrogens (tertiary/aromatic N) is 1.